The Morgan fingerprint density at radius 1 is 0.188 bits per heavy atom. The molecule has 0 saturated heterocycles. The van der Waals surface area contributed by atoms with Gasteiger partial charge in [-0.1, -0.05) is 158 Å². The molecule has 0 radical (unpaired) electrons. The lowest BCUT2D eigenvalue weighted by molar-refractivity contribution is 1.16. The van der Waals surface area contributed by atoms with Gasteiger partial charge in [0.15, 0.2) is 0 Å². The highest BCUT2D eigenvalue weighted by molar-refractivity contribution is 6.22. The third kappa shape index (κ3) is 4.77. The zero-order chi connectivity index (χ0) is 41.9. The number of rotatable bonds is 5. The van der Waals surface area contributed by atoms with Crippen molar-refractivity contribution in [3.63, 3.8) is 0 Å². The van der Waals surface area contributed by atoms with Gasteiger partial charge in [-0.3, -0.25) is 0 Å². The van der Waals surface area contributed by atoms with Crippen LogP contribution in [0.25, 0.3) is 121 Å². The Kier molecular flexibility index (Phi) is 7.36. The summed E-state index contributed by atoms with van der Waals surface area (Å²) in [6.07, 6.45) is 0. The predicted molar refractivity (Wildman–Crippen MR) is 269 cm³/mol. The molecule has 64 heavy (non-hydrogen) atoms. The first-order valence-electron chi connectivity index (χ1n) is 22.0. The smallest absolute Gasteiger partial charge is 0.0641 e. The quantitative estimate of drug-likeness (QED) is 0.165. The highest BCUT2D eigenvalue weighted by atomic mass is 15.0. The van der Waals surface area contributed by atoms with Crippen LogP contribution in [0.15, 0.2) is 231 Å². The molecule has 0 bridgehead atoms. The Hall–Kier alpha value is -8.60. The molecule has 0 N–H and O–H groups in total. The van der Waals surface area contributed by atoms with Crippen LogP contribution < -0.4 is 0 Å². The van der Waals surface area contributed by atoms with Crippen molar-refractivity contribution in [1.82, 2.24) is 18.3 Å². The van der Waals surface area contributed by atoms with E-state index in [2.05, 4.69) is 249 Å². The van der Waals surface area contributed by atoms with Gasteiger partial charge in [0.2, 0.25) is 0 Å². The fourth-order valence-corrected chi connectivity index (χ4v) is 11.0. The number of para-hydroxylation sites is 8. The third-order valence-electron chi connectivity index (χ3n) is 13.5. The Morgan fingerprint density at radius 2 is 0.453 bits per heavy atom. The van der Waals surface area contributed by atoms with Crippen LogP contribution in [0.4, 0.5) is 0 Å². The van der Waals surface area contributed by atoms with Crippen molar-refractivity contribution in [3.05, 3.63) is 231 Å². The topological polar surface area (TPSA) is 19.7 Å². The van der Waals surface area contributed by atoms with Crippen molar-refractivity contribution in [2.45, 2.75) is 0 Å². The molecule has 0 atom stereocenters. The van der Waals surface area contributed by atoms with E-state index in [9.17, 15) is 0 Å². The van der Waals surface area contributed by atoms with Gasteiger partial charge in [-0.2, -0.15) is 0 Å². The Balaban J connectivity index is 1.24. The van der Waals surface area contributed by atoms with Gasteiger partial charge in [-0.25, -0.2) is 0 Å². The van der Waals surface area contributed by atoms with Gasteiger partial charge in [0.25, 0.3) is 0 Å². The molecule has 4 nitrogen and oxygen atoms in total. The molecule has 10 aromatic carbocycles. The van der Waals surface area contributed by atoms with E-state index >= 15 is 0 Å². The highest BCUT2D eigenvalue weighted by Crippen LogP contribution is 2.49. The van der Waals surface area contributed by atoms with Crippen LogP contribution in [0.5, 0.6) is 0 Å². The second kappa shape index (κ2) is 13.4. The van der Waals surface area contributed by atoms with Crippen LogP contribution in [-0.4, -0.2) is 18.3 Å². The molecule has 14 aromatic rings. The average Bonchev–Trinajstić information content (AvgIpc) is 4.09. The molecule has 0 saturated carbocycles. The molecule has 4 heterocycles. The van der Waals surface area contributed by atoms with Crippen LogP contribution in [0.1, 0.15) is 0 Å². The molecule has 0 unspecified atom stereocenters. The maximum Gasteiger partial charge on any atom is 0.0641 e. The summed E-state index contributed by atoms with van der Waals surface area (Å²) in [6.45, 7) is 0. The van der Waals surface area contributed by atoms with Gasteiger partial charge in [-0.15, -0.1) is 0 Å². The summed E-state index contributed by atoms with van der Waals surface area (Å²) in [4.78, 5) is 0. The van der Waals surface area contributed by atoms with Crippen molar-refractivity contribution in [2.24, 2.45) is 0 Å². The monoisotopic (exact) mass is 814 g/mol. The summed E-state index contributed by atoms with van der Waals surface area (Å²) < 4.78 is 9.99. The largest absolute Gasteiger partial charge is 0.309 e. The van der Waals surface area contributed by atoms with Crippen LogP contribution in [0.3, 0.4) is 0 Å². The number of hydrogen-bond acceptors (Lipinski definition) is 0. The molecular weight excluding hydrogens is 777 g/mol. The summed E-state index contributed by atoms with van der Waals surface area (Å²) in [5.74, 6) is 0. The molecule has 298 valence electrons. The standard InChI is InChI=1S/C60H38N4/c1-3-19-39(20-4-1)61-53-33-17-11-27-47(53)57-55(61)37-35-45(59(57)63-49-29-13-7-23-41(49)42-24-8-14-30-50(42)63)46-36-38-56-58(48-28-12-18-34-54(48)62(56)40-21-5-2-6-22-40)60(46)64-51-31-15-9-25-43(51)44-26-10-16-32-52(44)64/h1-38H. The molecule has 0 spiro atoms. The first-order chi connectivity index (χ1) is 31.8. The summed E-state index contributed by atoms with van der Waals surface area (Å²) in [5, 5.41) is 9.77. The lowest BCUT2D eigenvalue weighted by atomic mass is 9.95. The molecular formula is C60H38N4. The van der Waals surface area contributed by atoms with E-state index in [1.54, 1.807) is 0 Å². The molecule has 0 aliphatic heterocycles. The zero-order valence-corrected chi connectivity index (χ0v) is 34.7. The van der Waals surface area contributed by atoms with Gasteiger partial charge in [0.05, 0.1) is 55.5 Å². The number of nitrogens with zero attached hydrogens (tertiary/aromatic N) is 4. The van der Waals surface area contributed by atoms with Crippen LogP contribution in [-0.2, 0) is 0 Å². The summed E-state index contributed by atoms with van der Waals surface area (Å²) in [6, 6.07) is 84.6. The summed E-state index contributed by atoms with van der Waals surface area (Å²) in [7, 11) is 0. The molecule has 0 amide bonds. The van der Waals surface area contributed by atoms with E-state index in [1.807, 2.05) is 0 Å². The SMILES string of the molecule is c1ccc(-n2c3ccccc3c3c(-n4c5ccccc5c5ccccc54)c(-c4ccc5c(c4-n4c6ccccc6c6ccccc64)c4ccccc4n5-c4ccccc4)ccc32)cc1. The van der Waals surface area contributed by atoms with Gasteiger partial charge in [0.1, 0.15) is 0 Å². The Bertz CT molecular complexity index is 3800. The second-order valence-corrected chi connectivity index (χ2v) is 16.8. The molecule has 0 aliphatic rings. The van der Waals surface area contributed by atoms with E-state index in [4.69, 9.17) is 0 Å². The number of benzene rings is 10. The van der Waals surface area contributed by atoms with E-state index in [0.717, 1.165) is 44.9 Å². The zero-order valence-electron chi connectivity index (χ0n) is 34.7. The van der Waals surface area contributed by atoms with Gasteiger partial charge in [0, 0.05) is 65.6 Å². The van der Waals surface area contributed by atoms with Crippen LogP contribution in [0, 0.1) is 0 Å². The molecule has 4 heteroatoms. The van der Waals surface area contributed by atoms with E-state index in [-0.39, 0.29) is 0 Å². The molecule has 4 aromatic heterocycles. The summed E-state index contributed by atoms with van der Waals surface area (Å²) >= 11 is 0. The number of fused-ring (bicyclic) bond motifs is 12. The highest BCUT2D eigenvalue weighted by Gasteiger charge is 2.28. The molecule has 0 aliphatic carbocycles. The first-order valence-corrected chi connectivity index (χ1v) is 22.0. The minimum Gasteiger partial charge on any atom is -0.309 e. The Labute approximate surface area is 368 Å². The van der Waals surface area contributed by atoms with E-state index in [1.165, 1.54) is 76.2 Å². The third-order valence-corrected chi connectivity index (χ3v) is 13.5. The lowest BCUT2D eigenvalue weighted by Gasteiger charge is -2.21. The minimum absolute atomic E-state index is 1.13. The maximum absolute atomic E-state index is 2.55. The fraction of sp³-hybridized carbons (Fsp3) is 0. The number of hydrogen-bond donors (Lipinski definition) is 0. The van der Waals surface area contributed by atoms with Crippen molar-refractivity contribution >= 4 is 87.2 Å². The van der Waals surface area contributed by atoms with Crippen molar-refractivity contribution in [3.8, 4) is 33.9 Å². The van der Waals surface area contributed by atoms with Gasteiger partial charge < -0.3 is 18.3 Å². The molecule has 14 rings (SSSR count). The van der Waals surface area contributed by atoms with Gasteiger partial charge >= 0.3 is 0 Å². The van der Waals surface area contributed by atoms with E-state index in [0.29, 0.717) is 0 Å². The lowest BCUT2D eigenvalue weighted by Crippen LogP contribution is -2.04. The number of aromatic nitrogens is 4. The maximum atomic E-state index is 2.55. The Morgan fingerprint density at radius 3 is 0.781 bits per heavy atom. The minimum atomic E-state index is 1.13. The predicted octanol–water partition coefficient (Wildman–Crippen LogP) is 15.7. The van der Waals surface area contributed by atoms with Crippen LogP contribution >= 0.6 is 0 Å². The van der Waals surface area contributed by atoms with Gasteiger partial charge in [-0.05, 0) is 72.8 Å². The van der Waals surface area contributed by atoms with Crippen LogP contribution in [0.2, 0.25) is 0 Å². The average molecular weight is 815 g/mol. The van der Waals surface area contributed by atoms with E-state index < -0.39 is 0 Å². The van der Waals surface area contributed by atoms with Crippen molar-refractivity contribution < 1.29 is 0 Å². The second-order valence-electron chi connectivity index (χ2n) is 16.8. The first kappa shape index (κ1) is 35.0. The normalized spacial score (nSPS) is 12.1. The summed E-state index contributed by atoms with van der Waals surface area (Å²) in [5.41, 5.74) is 16.3. The fourth-order valence-electron chi connectivity index (χ4n) is 11.0. The van der Waals surface area contributed by atoms with Crippen molar-refractivity contribution in [2.75, 3.05) is 0 Å². The molecule has 0 fully saturated rings. The van der Waals surface area contributed by atoms with Crippen molar-refractivity contribution in [1.29, 1.82) is 0 Å².